The fourth-order valence-electron chi connectivity index (χ4n) is 1.46. The lowest BCUT2D eigenvalue weighted by atomic mass is 10.3. The lowest BCUT2D eigenvalue weighted by Crippen LogP contribution is -2.20. The van der Waals surface area contributed by atoms with Crippen LogP contribution in [0.15, 0.2) is 46.9 Å². The molecule has 0 radical (unpaired) electrons. The van der Waals surface area contributed by atoms with E-state index in [4.69, 9.17) is 16.3 Å². The molecule has 0 saturated carbocycles. The van der Waals surface area contributed by atoms with Crippen molar-refractivity contribution in [2.24, 2.45) is 0 Å². The van der Waals surface area contributed by atoms with E-state index in [2.05, 4.69) is 21.2 Å². The monoisotopic (exact) mass is 357 g/mol. The molecule has 0 spiro atoms. The second kappa shape index (κ2) is 6.72. The minimum Gasteiger partial charge on any atom is -0.484 e. The van der Waals surface area contributed by atoms with Crippen LogP contribution in [0, 0.1) is 5.82 Å². The molecule has 0 aliphatic heterocycles. The van der Waals surface area contributed by atoms with Gasteiger partial charge in [-0.1, -0.05) is 27.5 Å². The van der Waals surface area contributed by atoms with Gasteiger partial charge in [0, 0.05) is 4.47 Å². The molecule has 2 aromatic rings. The molecular weight excluding hydrogens is 349 g/mol. The van der Waals surface area contributed by atoms with Gasteiger partial charge in [-0.05, 0) is 42.5 Å². The van der Waals surface area contributed by atoms with E-state index in [1.807, 2.05) is 0 Å². The van der Waals surface area contributed by atoms with Crippen LogP contribution in [0.5, 0.6) is 5.75 Å². The number of hydrogen-bond acceptors (Lipinski definition) is 2. The van der Waals surface area contributed by atoms with Crippen molar-refractivity contribution in [1.82, 2.24) is 0 Å². The van der Waals surface area contributed by atoms with Gasteiger partial charge in [0.25, 0.3) is 5.91 Å². The Labute approximate surface area is 128 Å². The van der Waals surface area contributed by atoms with E-state index in [9.17, 15) is 9.18 Å². The highest BCUT2D eigenvalue weighted by molar-refractivity contribution is 9.10. The Morgan fingerprint density at radius 2 is 1.95 bits per heavy atom. The summed E-state index contributed by atoms with van der Waals surface area (Å²) in [4.78, 5) is 11.7. The van der Waals surface area contributed by atoms with Crippen molar-refractivity contribution in [1.29, 1.82) is 0 Å². The Morgan fingerprint density at radius 1 is 1.25 bits per heavy atom. The average Bonchev–Trinajstić information content (AvgIpc) is 2.41. The van der Waals surface area contributed by atoms with Crippen LogP contribution in [0.1, 0.15) is 0 Å². The summed E-state index contributed by atoms with van der Waals surface area (Å²) in [6.45, 7) is -0.183. The van der Waals surface area contributed by atoms with Gasteiger partial charge in [-0.25, -0.2) is 4.39 Å². The zero-order valence-electron chi connectivity index (χ0n) is 10.2. The highest BCUT2D eigenvalue weighted by Gasteiger charge is 2.07. The summed E-state index contributed by atoms with van der Waals surface area (Å²) in [5.74, 6) is -0.287. The van der Waals surface area contributed by atoms with Crippen LogP contribution in [0.4, 0.5) is 10.1 Å². The van der Waals surface area contributed by atoms with Gasteiger partial charge in [0.2, 0.25) is 0 Å². The summed E-state index contributed by atoms with van der Waals surface area (Å²) in [5.41, 5.74) is 0.502. The lowest BCUT2D eigenvalue weighted by Gasteiger charge is -2.09. The van der Waals surface area contributed by atoms with E-state index in [0.717, 1.165) is 4.47 Å². The number of anilines is 1. The first-order valence-electron chi connectivity index (χ1n) is 5.68. The van der Waals surface area contributed by atoms with Gasteiger partial charge in [-0.2, -0.15) is 0 Å². The number of halogens is 3. The first-order chi connectivity index (χ1) is 9.54. The van der Waals surface area contributed by atoms with Gasteiger partial charge in [0.15, 0.2) is 6.61 Å². The second-order valence-electron chi connectivity index (χ2n) is 3.91. The number of ether oxygens (including phenoxy) is 1. The summed E-state index contributed by atoms with van der Waals surface area (Å²) in [6.07, 6.45) is 0. The van der Waals surface area contributed by atoms with Gasteiger partial charge in [-0.3, -0.25) is 4.79 Å². The van der Waals surface area contributed by atoms with E-state index < -0.39 is 0 Å². The standard InChI is InChI=1S/C14H10BrClFNO2/c15-9-1-6-13(12(16)7-9)18-14(19)8-20-11-4-2-10(17)3-5-11/h1-7H,8H2,(H,18,19). The summed E-state index contributed by atoms with van der Waals surface area (Å²) in [7, 11) is 0. The molecule has 0 aromatic heterocycles. The minimum absolute atomic E-state index is 0.183. The lowest BCUT2D eigenvalue weighted by molar-refractivity contribution is -0.118. The van der Waals surface area contributed by atoms with Crippen LogP contribution in [0.3, 0.4) is 0 Å². The van der Waals surface area contributed by atoms with E-state index in [-0.39, 0.29) is 18.3 Å². The molecule has 20 heavy (non-hydrogen) atoms. The predicted octanol–water partition coefficient (Wildman–Crippen LogP) is 4.26. The molecule has 2 rings (SSSR count). The first-order valence-corrected chi connectivity index (χ1v) is 6.85. The molecule has 0 unspecified atom stereocenters. The summed E-state index contributed by atoms with van der Waals surface area (Å²) < 4.78 is 18.7. The molecule has 0 heterocycles. The molecule has 104 valence electrons. The SMILES string of the molecule is O=C(COc1ccc(F)cc1)Nc1ccc(Br)cc1Cl. The maximum Gasteiger partial charge on any atom is 0.262 e. The summed E-state index contributed by atoms with van der Waals surface area (Å²) in [5, 5.41) is 3.05. The molecule has 2 aromatic carbocycles. The zero-order valence-corrected chi connectivity index (χ0v) is 12.5. The molecule has 1 N–H and O–H groups in total. The topological polar surface area (TPSA) is 38.3 Å². The molecule has 0 aliphatic rings. The van der Waals surface area contributed by atoms with Crippen molar-refractivity contribution in [2.75, 3.05) is 11.9 Å². The van der Waals surface area contributed by atoms with E-state index in [0.29, 0.717) is 16.5 Å². The maximum absolute atomic E-state index is 12.7. The summed E-state index contributed by atoms with van der Waals surface area (Å²) in [6, 6.07) is 10.6. The Balaban J connectivity index is 1.90. The van der Waals surface area contributed by atoms with Crippen LogP contribution < -0.4 is 10.1 Å². The highest BCUT2D eigenvalue weighted by atomic mass is 79.9. The molecule has 0 saturated heterocycles. The van der Waals surface area contributed by atoms with Crippen molar-refractivity contribution in [3.8, 4) is 5.75 Å². The highest BCUT2D eigenvalue weighted by Crippen LogP contribution is 2.25. The molecule has 0 atom stereocenters. The minimum atomic E-state index is -0.358. The smallest absolute Gasteiger partial charge is 0.262 e. The van der Waals surface area contributed by atoms with Gasteiger partial charge in [0.1, 0.15) is 11.6 Å². The quantitative estimate of drug-likeness (QED) is 0.887. The third-order valence-electron chi connectivity index (χ3n) is 2.39. The van der Waals surface area contributed by atoms with Crippen LogP contribution in [0.2, 0.25) is 5.02 Å². The Morgan fingerprint density at radius 3 is 2.60 bits per heavy atom. The number of carbonyl (C=O) groups excluding carboxylic acids is 1. The Bertz CT molecular complexity index is 619. The van der Waals surface area contributed by atoms with Gasteiger partial charge in [-0.15, -0.1) is 0 Å². The van der Waals surface area contributed by atoms with Crippen LogP contribution in [0.25, 0.3) is 0 Å². The van der Waals surface area contributed by atoms with Crippen LogP contribution >= 0.6 is 27.5 Å². The third kappa shape index (κ3) is 4.21. The number of hydrogen-bond donors (Lipinski definition) is 1. The molecule has 0 fully saturated rings. The van der Waals surface area contributed by atoms with Gasteiger partial charge in [0.05, 0.1) is 10.7 Å². The van der Waals surface area contributed by atoms with Crippen LogP contribution in [-0.4, -0.2) is 12.5 Å². The third-order valence-corrected chi connectivity index (χ3v) is 3.19. The number of rotatable bonds is 4. The number of benzene rings is 2. The molecular formula is C14H10BrClFNO2. The predicted molar refractivity (Wildman–Crippen MR) is 79.7 cm³/mol. The van der Waals surface area contributed by atoms with Crippen LogP contribution in [-0.2, 0) is 4.79 Å². The molecule has 3 nitrogen and oxygen atoms in total. The average molecular weight is 359 g/mol. The fourth-order valence-corrected chi connectivity index (χ4v) is 2.18. The summed E-state index contributed by atoms with van der Waals surface area (Å²) >= 11 is 9.26. The van der Waals surface area contributed by atoms with Gasteiger partial charge >= 0.3 is 0 Å². The number of carbonyl (C=O) groups is 1. The zero-order chi connectivity index (χ0) is 14.5. The van der Waals surface area contributed by atoms with E-state index in [1.165, 1.54) is 24.3 Å². The Kier molecular flexibility index (Phi) is 4.98. The normalized spacial score (nSPS) is 10.2. The number of amides is 1. The first kappa shape index (κ1) is 14.8. The van der Waals surface area contributed by atoms with Crippen molar-refractivity contribution < 1.29 is 13.9 Å². The van der Waals surface area contributed by atoms with Gasteiger partial charge < -0.3 is 10.1 Å². The van der Waals surface area contributed by atoms with E-state index >= 15 is 0 Å². The Hall–Kier alpha value is -1.59. The van der Waals surface area contributed by atoms with Crippen molar-refractivity contribution >= 4 is 39.1 Å². The van der Waals surface area contributed by atoms with Crippen molar-refractivity contribution in [2.45, 2.75) is 0 Å². The molecule has 6 heteroatoms. The fraction of sp³-hybridized carbons (Fsp3) is 0.0714. The molecule has 0 aliphatic carbocycles. The number of nitrogens with one attached hydrogen (secondary N) is 1. The molecule has 1 amide bonds. The molecule has 0 bridgehead atoms. The van der Waals surface area contributed by atoms with Crippen molar-refractivity contribution in [3.63, 3.8) is 0 Å². The largest absolute Gasteiger partial charge is 0.484 e. The maximum atomic E-state index is 12.7. The van der Waals surface area contributed by atoms with E-state index in [1.54, 1.807) is 18.2 Å². The van der Waals surface area contributed by atoms with Crippen molar-refractivity contribution in [3.05, 3.63) is 57.8 Å². The second-order valence-corrected chi connectivity index (χ2v) is 5.24.